The molecule has 0 aliphatic rings. The Morgan fingerprint density at radius 1 is 1.04 bits per heavy atom. The quantitative estimate of drug-likeness (QED) is 0.201. The zero-order valence-electron chi connectivity index (χ0n) is 16.3. The monoisotopic (exact) mass is 496 g/mol. The SMILES string of the molecule is CCNC(=NCCCNS(=O)(=O)CC)NCCc1cc(C)cc(C)c1.I. The van der Waals surface area contributed by atoms with E-state index >= 15 is 0 Å². The number of rotatable bonds is 10. The number of halogens is 1. The number of nitrogens with one attached hydrogen (secondary N) is 3. The number of nitrogens with zero attached hydrogens (tertiary/aromatic N) is 1. The van der Waals surface area contributed by atoms with Crippen molar-refractivity contribution in [3.05, 3.63) is 34.9 Å². The third kappa shape index (κ3) is 11.0. The van der Waals surface area contributed by atoms with E-state index in [1.807, 2.05) is 6.92 Å². The molecule has 0 radical (unpaired) electrons. The summed E-state index contributed by atoms with van der Waals surface area (Å²) in [5, 5.41) is 6.54. The highest BCUT2D eigenvalue weighted by atomic mass is 127. The molecule has 0 saturated heterocycles. The summed E-state index contributed by atoms with van der Waals surface area (Å²) in [6, 6.07) is 6.59. The number of benzene rings is 1. The van der Waals surface area contributed by atoms with Gasteiger partial charge in [-0.3, -0.25) is 4.99 Å². The lowest BCUT2D eigenvalue weighted by molar-refractivity contribution is 0.581. The highest BCUT2D eigenvalue weighted by molar-refractivity contribution is 14.0. The van der Waals surface area contributed by atoms with Gasteiger partial charge in [-0.05, 0) is 46.1 Å². The van der Waals surface area contributed by atoms with E-state index in [4.69, 9.17) is 0 Å². The van der Waals surface area contributed by atoms with Crippen LogP contribution in [0.5, 0.6) is 0 Å². The van der Waals surface area contributed by atoms with Crippen molar-refractivity contribution in [3.63, 3.8) is 0 Å². The Bertz CT molecular complexity index is 643. The van der Waals surface area contributed by atoms with Crippen molar-refractivity contribution in [1.82, 2.24) is 15.4 Å². The van der Waals surface area contributed by atoms with Crippen LogP contribution in [0.1, 0.15) is 37.0 Å². The fourth-order valence-electron chi connectivity index (χ4n) is 2.48. The Morgan fingerprint density at radius 3 is 2.27 bits per heavy atom. The molecule has 0 atom stereocenters. The second-order valence-electron chi connectivity index (χ2n) is 6.08. The number of aliphatic imine (C=N–C) groups is 1. The van der Waals surface area contributed by atoms with Crippen molar-refractivity contribution in [2.75, 3.05) is 31.9 Å². The molecule has 0 aliphatic heterocycles. The first-order valence-electron chi connectivity index (χ1n) is 8.93. The molecule has 8 heteroatoms. The molecule has 0 heterocycles. The van der Waals surface area contributed by atoms with Crippen molar-refractivity contribution >= 4 is 40.0 Å². The Labute approximate surface area is 175 Å². The standard InChI is InChI=1S/C18H32N4O2S.HI/c1-5-19-18(20-9-7-10-22-25(23,24)6-2)21-11-8-17-13-15(3)12-16(4)14-17;/h12-14,22H,5-11H2,1-4H3,(H2,19,20,21);1H. The van der Waals surface area contributed by atoms with Crippen molar-refractivity contribution in [2.24, 2.45) is 4.99 Å². The molecule has 0 spiro atoms. The number of hydrogen-bond acceptors (Lipinski definition) is 3. The molecule has 0 unspecified atom stereocenters. The van der Waals surface area contributed by atoms with Crippen molar-refractivity contribution in [1.29, 1.82) is 0 Å². The van der Waals surface area contributed by atoms with Crippen LogP contribution in [-0.2, 0) is 16.4 Å². The molecule has 1 rings (SSSR count). The first-order valence-corrected chi connectivity index (χ1v) is 10.6. The average Bonchev–Trinajstić information content (AvgIpc) is 2.53. The van der Waals surface area contributed by atoms with Gasteiger partial charge in [-0.2, -0.15) is 0 Å². The van der Waals surface area contributed by atoms with Crippen LogP contribution in [0.25, 0.3) is 0 Å². The summed E-state index contributed by atoms with van der Waals surface area (Å²) in [5.41, 5.74) is 3.88. The summed E-state index contributed by atoms with van der Waals surface area (Å²) in [4.78, 5) is 4.48. The summed E-state index contributed by atoms with van der Waals surface area (Å²) in [6.07, 6.45) is 1.61. The molecule has 0 bridgehead atoms. The molecule has 26 heavy (non-hydrogen) atoms. The Morgan fingerprint density at radius 2 is 1.69 bits per heavy atom. The molecule has 150 valence electrons. The molecular formula is C18H33IN4O2S. The van der Waals surface area contributed by atoms with Gasteiger partial charge >= 0.3 is 0 Å². The van der Waals surface area contributed by atoms with Gasteiger partial charge in [0.15, 0.2) is 5.96 Å². The molecule has 0 aromatic heterocycles. The van der Waals surface area contributed by atoms with Crippen molar-refractivity contribution in [2.45, 2.75) is 40.5 Å². The summed E-state index contributed by atoms with van der Waals surface area (Å²) in [6.45, 7) is 10.5. The molecule has 3 N–H and O–H groups in total. The largest absolute Gasteiger partial charge is 0.357 e. The molecule has 1 aromatic carbocycles. The van der Waals surface area contributed by atoms with E-state index in [0.29, 0.717) is 19.5 Å². The van der Waals surface area contributed by atoms with Crippen LogP contribution < -0.4 is 15.4 Å². The van der Waals surface area contributed by atoms with E-state index in [1.165, 1.54) is 16.7 Å². The Kier molecular flexibility index (Phi) is 12.9. The van der Waals surface area contributed by atoms with E-state index in [1.54, 1.807) is 6.92 Å². The maximum absolute atomic E-state index is 11.4. The summed E-state index contributed by atoms with van der Waals surface area (Å²) in [5.74, 6) is 0.879. The third-order valence-corrected chi connectivity index (χ3v) is 5.04. The van der Waals surface area contributed by atoms with Crippen LogP contribution in [-0.4, -0.2) is 46.3 Å². The molecule has 6 nitrogen and oxygen atoms in total. The van der Waals surface area contributed by atoms with Crippen LogP contribution >= 0.6 is 24.0 Å². The zero-order valence-corrected chi connectivity index (χ0v) is 19.4. The van der Waals surface area contributed by atoms with E-state index in [2.05, 4.69) is 52.4 Å². The van der Waals surface area contributed by atoms with Gasteiger partial charge in [-0.15, -0.1) is 24.0 Å². The van der Waals surface area contributed by atoms with Crippen LogP contribution in [0.4, 0.5) is 0 Å². The molecule has 0 aliphatic carbocycles. The molecule has 1 aromatic rings. The van der Waals surface area contributed by atoms with E-state index in [0.717, 1.165) is 25.5 Å². The predicted octanol–water partition coefficient (Wildman–Crippen LogP) is 2.35. The van der Waals surface area contributed by atoms with Gasteiger partial charge < -0.3 is 10.6 Å². The molecule has 0 fully saturated rings. The lowest BCUT2D eigenvalue weighted by Gasteiger charge is -2.12. The molecule has 0 amide bonds. The maximum Gasteiger partial charge on any atom is 0.211 e. The van der Waals surface area contributed by atoms with Gasteiger partial charge in [0.05, 0.1) is 5.75 Å². The van der Waals surface area contributed by atoms with E-state index in [-0.39, 0.29) is 29.7 Å². The van der Waals surface area contributed by atoms with Gasteiger partial charge in [0.2, 0.25) is 10.0 Å². The minimum atomic E-state index is -3.11. The molecule has 0 saturated carbocycles. The van der Waals surface area contributed by atoms with Gasteiger partial charge in [-0.25, -0.2) is 13.1 Å². The predicted molar refractivity (Wildman–Crippen MR) is 121 cm³/mol. The van der Waals surface area contributed by atoms with Gasteiger partial charge in [0.1, 0.15) is 0 Å². The number of hydrogen-bond donors (Lipinski definition) is 3. The third-order valence-electron chi connectivity index (χ3n) is 3.64. The van der Waals surface area contributed by atoms with E-state index in [9.17, 15) is 8.42 Å². The zero-order chi connectivity index (χ0) is 18.7. The minimum Gasteiger partial charge on any atom is -0.357 e. The topological polar surface area (TPSA) is 82.6 Å². The average molecular weight is 496 g/mol. The normalized spacial score (nSPS) is 11.8. The first-order chi connectivity index (χ1) is 11.9. The minimum absolute atomic E-state index is 0. The van der Waals surface area contributed by atoms with Crippen LogP contribution in [0, 0.1) is 13.8 Å². The van der Waals surface area contributed by atoms with Crippen LogP contribution in [0.15, 0.2) is 23.2 Å². The number of aryl methyl sites for hydroxylation is 2. The number of guanidine groups is 1. The van der Waals surface area contributed by atoms with Crippen molar-refractivity contribution in [3.8, 4) is 0 Å². The van der Waals surface area contributed by atoms with Crippen LogP contribution in [0.3, 0.4) is 0 Å². The van der Waals surface area contributed by atoms with Crippen molar-refractivity contribution < 1.29 is 8.42 Å². The smallest absolute Gasteiger partial charge is 0.211 e. The van der Waals surface area contributed by atoms with Crippen LogP contribution in [0.2, 0.25) is 0 Å². The molecular weight excluding hydrogens is 463 g/mol. The van der Waals surface area contributed by atoms with Gasteiger partial charge in [0.25, 0.3) is 0 Å². The first kappa shape index (κ1) is 25.1. The van der Waals surface area contributed by atoms with Gasteiger partial charge in [-0.1, -0.05) is 29.3 Å². The highest BCUT2D eigenvalue weighted by Gasteiger charge is 2.04. The fraction of sp³-hybridized carbons (Fsp3) is 0.611. The lowest BCUT2D eigenvalue weighted by atomic mass is 10.1. The summed E-state index contributed by atoms with van der Waals surface area (Å²) >= 11 is 0. The Hall–Kier alpha value is -0.870. The van der Waals surface area contributed by atoms with E-state index < -0.39 is 10.0 Å². The Balaban J connectivity index is 0.00000625. The lowest BCUT2D eigenvalue weighted by Crippen LogP contribution is -2.38. The van der Waals surface area contributed by atoms with Gasteiger partial charge in [0, 0.05) is 26.2 Å². The number of sulfonamides is 1. The highest BCUT2D eigenvalue weighted by Crippen LogP contribution is 2.08. The second kappa shape index (κ2) is 13.3. The summed E-state index contributed by atoms with van der Waals surface area (Å²) in [7, 11) is -3.11. The fourth-order valence-corrected chi connectivity index (χ4v) is 3.14. The second-order valence-corrected chi connectivity index (χ2v) is 8.18. The maximum atomic E-state index is 11.4. The summed E-state index contributed by atoms with van der Waals surface area (Å²) < 4.78 is 25.3.